The number of halogens is 4. The minimum absolute atomic E-state index is 0.0255. The molecular weight excluding hydrogens is 671 g/mol. The van der Waals surface area contributed by atoms with E-state index in [1.165, 1.54) is 36.4 Å². The van der Waals surface area contributed by atoms with Gasteiger partial charge in [-0.15, -0.1) is 0 Å². The van der Waals surface area contributed by atoms with Crippen LogP contribution in [0.3, 0.4) is 0 Å². The standard InChI is InChI=1S/C34H23Cl2F2N3O5S/c1-46-34(43)29(41-33(42)31-27(37)14-20(15-28(31)38)18-47(44,45)22-6-3-2-4-7-22)16-21-9-10-24(32-23(21)8-5-11-40-32)30-25(35)12-19(17-39)13-26(30)36/h2-15,29H,16,18H2,1H3,(H,41,42)/t29-/m0/s1. The van der Waals surface area contributed by atoms with Crippen molar-refractivity contribution in [2.75, 3.05) is 7.11 Å². The van der Waals surface area contributed by atoms with Crippen LogP contribution in [0.5, 0.6) is 0 Å². The van der Waals surface area contributed by atoms with Gasteiger partial charge in [-0.3, -0.25) is 9.78 Å². The zero-order valence-electron chi connectivity index (χ0n) is 24.4. The maximum atomic E-state index is 15.2. The van der Waals surface area contributed by atoms with E-state index in [1.54, 1.807) is 36.5 Å². The van der Waals surface area contributed by atoms with E-state index in [9.17, 15) is 23.3 Å². The Bertz CT molecular complexity index is 2150. The number of pyridine rings is 1. The fraction of sp³-hybridized carbons (Fsp3) is 0.118. The molecule has 1 heterocycles. The number of ether oxygens (including phenoxy) is 1. The lowest BCUT2D eigenvalue weighted by molar-refractivity contribution is -0.142. The van der Waals surface area contributed by atoms with Gasteiger partial charge in [0.1, 0.15) is 23.2 Å². The van der Waals surface area contributed by atoms with E-state index in [2.05, 4.69) is 10.3 Å². The lowest BCUT2D eigenvalue weighted by Gasteiger charge is -2.19. The molecule has 0 unspecified atom stereocenters. The average Bonchev–Trinajstić information content (AvgIpc) is 3.04. The van der Waals surface area contributed by atoms with Crippen molar-refractivity contribution in [1.29, 1.82) is 5.26 Å². The molecule has 13 heteroatoms. The third-order valence-electron chi connectivity index (χ3n) is 7.30. The van der Waals surface area contributed by atoms with Crippen LogP contribution < -0.4 is 5.32 Å². The van der Waals surface area contributed by atoms with E-state index in [4.69, 9.17) is 27.9 Å². The Morgan fingerprint density at radius 3 is 2.26 bits per heavy atom. The monoisotopic (exact) mass is 693 g/mol. The molecule has 1 atom stereocenters. The van der Waals surface area contributed by atoms with E-state index in [1.807, 2.05) is 6.07 Å². The molecule has 0 aliphatic rings. The number of hydrogen-bond donors (Lipinski definition) is 1. The number of nitrogens with zero attached hydrogens (tertiary/aromatic N) is 2. The summed E-state index contributed by atoms with van der Waals surface area (Å²) in [6.07, 6.45) is 1.38. The summed E-state index contributed by atoms with van der Waals surface area (Å²) in [4.78, 5) is 30.4. The highest BCUT2D eigenvalue weighted by atomic mass is 35.5. The first-order chi connectivity index (χ1) is 22.4. The van der Waals surface area contributed by atoms with Gasteiger partial charge in [0.15, 0.2) is 9.84 Å². The minimum Gasteiger partial charge on any atom is -0.467 e. The van der Waals surface area contributed by atoms with Gasteiger partial charge in [0.2, 0.25) is 0 Å². The summed E-state index contributed by atoms with van der Waals surface area (Å²) in [5, 5.41) is 12.6. The van der Waals surface area contributed by atoms with Gasteiger partial charge in [-0.05, 0) is 53.6 Å². The number of amides is 1. The van der Waals surface area contributed by atoms with E-state index < -0.39 is 50.7 Å². The lowest BCUT2D eigenvalue weighted by Crippen LogP contribution is -2.43. The van der Waals surface area contributed by atoms with Crippen molar-refractivity contribution in [3.63, 3.8) is 0 Å². The highest BCUT2D eigenvalue weighted by Gasteiger charge is 2.28. The lowest BCUT2D eigenvalue weighted by atomic mass is 9.94. The molecule has 0 aliphatic carbocycles. The molecule has 8 nitrogen and oxygen atoms in total. The molecule has 238 valence electrons. The van der Waals surface area contributed by atoms with Crippen LogP contribution >= 0.6 is 23.2 Å². The quantitative estimate of drug-likeness (QED) is 0.167. The molecule has 0 saturated heterocycles. The van der Waals surface area contributed by atoms with Gasteiger partial charge >= 0.3 is 5.97 Å². The molecule has 0 spiro atoms. The third kappa shape index (κ3) is 7.10. The largest absolute Gasteiger partial charge is 0.467 e. The van der Waals surface area contributed by atoms with Gasteiger partial charge in [-0.25, -0.2) is 22.0 Å². The highest BCUT2D eigenvalue weighted by molar-refractivity contribution is 7.90. The number of nitriles is 1. The van der Waals surface area contributed by atoms with Crippen molar-refractivity contribution < 1.29 is 31.5 Å². The van der Waals surface area contributed by atoms with Gasteiger partial charge in [0, 0.05) is 29.1 Å². The number of rotatable bonds is 9. The topological polar surface area (TPSA) is 126 Å². The summed E-state index contributed by atoms with van der Waals surface area (Å²) >= 11 is 13.0. The Morgan fingerprint density at radius 2 is 1.64 bits per heavy atom. The molecule has 0 radical (unpaired) electrons. The fourth-order valence-corrected chi connectivity index (χ4v) is 7.18. The number of methoxy groups -OCH3 is 1. The predicted molar refractivity (Wildman–Crippen MR) is 173 cm³/mol. The smallest absolute Gasteiger partial charge is 0.328 e. The molecule has 1 amide bonds. The van der Waals surface area contributed by atoms with Crippen LogP contribution in [-0.4, -0.2) is 38.4 Å². The second-order valence-corrected chi connectivity index (χ2v) is 13.2. The van der Waals surface area contributed by atoms with Crippen molar-refractivity contribution in [3.05, 3.63) is 129 Å². The van der Waals surface area contributed by atoms with Crippen LogP contribution in [0.4, 0.5) is 8.78 Å². The number of sulfone groups is 1. The van der Waals surface area contributed by atoms with Crippen LogP contribution in [0.15, 0.2) is 90.0 Å². The number of benzene rings is 4. The summed E-state index contributed by atoms with van der Waals surface area (Å²) in [5.74, 6) is -5.45. The molecule has 5 rings (SSSR count). The highest BCUT2D eigenvalue weighted by Crippen LogP contribution is 2.39. The molecule has 47 heavy (non-hydrogen) atoms. The Hall–Kier alpha value is -4.89. The normalized spacial score (nSPS) is 11.9. The molecule has 1 aromatic heterocycles. The molecule has 0 aliphatic heterocycles. The number of carbonyl (C=O) groups is 2. The molecule has 0 saturated carbocycles. The summed E-state index contributed by atoms with van der Waals surface area (Å²) in [7, 11) is -2.82. The number of hydrogen-bond acceptors (Lipinski definition) is 7. The number of carbonyl (C=O) groups excluding carboxylic acids is 2. The summed E-state index contributed by atoms with van der Waals surface area (Å²) in [5.41, 5.74) is 1.03. The molecular formula is C34H23Cl2F2N3O5S. The van der Waals surface area contributed by atoms with E-state index in [0.717, 1.165) is 19.2 Å². The Labute approximate surface area is 278 Å². The maximum absolute atomic E-state index is 15.2. The van der Waals surface area contributed by atoms with Crippen molar-refractivity contribution in [2.24, 2.45) is 0 Å². The first kappa shape index (κ1) is 33.5. The van der Waals surface area contributed by atoms with Crippen molar-refractivity contribution in [1.82, 2.24) is 10.3 Å². The molecule has 4 aromatic carbocycles. The number of aromatic nitrogens is 1. The van der Waals surface area contributed by atoms with Gasteiger partial charge in [-0.2, -0.15) is 5.26 Å². The zero-order chi connectivity index (χ0) is 33.9. The number of fused-ring (bicyclic) bond motifs is 1. The van der Waals surface area contributed by atoms with Crippen LogP contribution in [0, 0.1) is 23.0 Å². The summed E-state index contributed by atoms with van der Waals surface area (Å²) in [6, 6.07) is 19.2. The molecule has 1 N–H and O–H groups in total. The number of esters is 1. The van der Waals surface area contributed by atoms with E-state index in [0.29, 0.717) is 27.6 Å². The van der Waals surface area contributed by atoms with Crippen LogP contribution in [0.2, 0.25) is 10.0 Å². The second-order valence-electron chi connectivity index (χ2n) is 10.4. The van der Waals surface area contributed by atoms with Gasteiger partial charge < -0.3 is 10.1 Å². The SMILES string of the molecule is COC(=O)[C@H](Cc1ccc(-c2c(Cl)cc(C#N)cc2Cl)c2ncccc12)NC(=O)c1c(F)cc(CS(=O)(=O)c2ccccc2)cc1F. The Kier molecular flexibility index (Phi) is 9.86. The van der Waals surface area contributed by atoms with E-state index >= 15 is 8.78 Å². The zero-order valence-corrected chi connectivity index (χ0v) is 26.8. The van der Waals surface area contributed by atoms with Crippen molar-refractivity contribution in [2.45, 2.75) is 23.1 Å². The molecule has 0 bridgehead atoms. The summed E-state index contributed by atoms with van der Waals surface area (Å²) < 4.78 is 60.6. The van der Waals surface area contributed by atoms with Gasteiger partial charge in [-0.1, -0.05) is 59.6 Å². The fourth-order valence-electron chi connectivity index (χ4n) is 5.15. The second kappa shape index (κ2) is 13.8. The van der Waals surface area contributed by atoms with Crippen molar-refractivity contribution in [3.8, 4) is 17.2 Å². The Balaban J connectivity index is 1.44. The minimum atomic E-state index is -3.92. The first-order valence-electron chi connectivity index (χ1n) is 13.8. The first-order valence-corrected chi connectivity index (χ1v) is 16.2. The van der Waals surface area contributed by atoms with Crippen molar-refractivity contribution >= 4 is 55.8 Å². The average molecular weight is 695 g/mol. The van der Waals surface area contributed by atoms with Crippen LogP contribution in [0.25, 0.3) is 22.0 Å². The number of nitrogens with one attached hydrogen (secondary N) is 1. The predicted octanol–water partition coefficient (Wildman–Crippen LogP) is 6.85. The maximum Gasteiger partial charge on any atom is 0.328 e. The third-order valence-corrected chi connectivity index (χ3v) is 9.60. The molecule has 0 fully saturated rings. The molecule has 5 aromatic rings. The van der Waals surface area contributed by atoms with E-state index in [-0.39, 0.29) is 32.5 Å². The summed E-state index contributed by atoms with van der Waals surface area (Å²) in [6.45, 7) is 0. The van der Waals surface area contributed by atoms with Crippen LogP contribution in [-0.2, 0) is 31.5 Å². The Morgan fingerprint density at radius 1 is 0.979 bits per heavy atom. The van der Waals surface area contributed by atoms with Crippen LogP contribution in [0.1, 0.15) is 27.0 Å². The van der Waals surface area contributed by atoms with Gasteiger partial charge in [0.25, 0.3) is 5.91 Å². The van der Waals surface area contributed by atoms with Gasteiger partial charge in [0.05, 0.1) is 45.0 Å².